The maximum absolute atomic E-state index is 10.3. The highest BCUT2D eigenvalue weighted by Gasteiger charge is 2.38. The van der Waals surface area contributed by atoms with Crippen molar-refractivity contribution in [3.8, 4) is 28.0 Å². The zero-order valence-electron chi connectivity index (χ0n) is 28.3. The lowest BCUT2D eigenvalue weighted by Gasteiger charge is -2.39. The molecule has 0 atom stereocenters. The highest BCUT2D eigenvalue weighted by molar-refractivity contribution is 7.39. The summed E-state index contributed by atoms with van der Waals surface area (Å²) in [4.78, 5) is 20.6. The molecule has 0 bridgehead atoms. The average Bonchev–Trinajstić information content (AvgIpc) is 2.95. The molecule has 230 valence electrons. The van der Waals surface area contributed by atoms with E-state index in [0.29, 0.717) is 5.75 Å². The standard InChI is InChI=1S/C38H55O3P/c1-13-35(5,6)29-23-19-17-21-26(29)28-25-31(41-42(39)40)34(38(11,12)16-4)32(33(28)37(9,10)15-3)27-22-18-20-24-30(27)36(7,8)14-2/h17-25,39-40H,13-16H2,1-12H3. The van der Waals surface area contributed by atoms with E-state index in [0.717, 1.165) is 36.8 Å². The van der Waals surface area contributed by atoms with Crippen LogP contribution in [0.4, 0.5) is 0 Å². The van der Waals surface area contributed by atoms with Gasteiger partial charge < -0.3 is 14.3 Å². The summed E-state index contributed by atoms with van der Waals surface area (Å²) in [5, 5.41) is 0. The Balaban J connectivity index is 2.78. The Morgan fingerprint density at radius 1 is 0.548 bits per heavy atom. The Bertz CT molecular complexity index is 1380. The van der Waals surface area contributed by atoms with Crippen LogP contribution in [-0.4, -0.2) is 9.79 Å². The van der Waals surface area contributed by atoms with Crippen molar-refractivity contribution in [3.63, 3.8) is 0 Å². The van der Waals surface area contributed by atoms with E-state index < -0.39 is 8.60 Å². The lowest BCUT2D eigenvalue weighted by molar-refractivity contribution is 0.367. The predicted molar refractivity (Wildman–Crippen MR) is 183 cm³/mol. The van der Waals surface area contributed by atoms with Gasteiger partial charge in [-0.1, -0.05) is 132 Å². The van der Waals surface area contributed by atoms with Crippen LogP contribution in [0, 0.1) is 0 Å². The van der Waals surface area contributed by atoms with Crippen LogP contribution in [0.3, 0.4) is 0 Å². The van der Waals surface area contributed by atoms with Gasteiger partial charge in [0, 0.05) is 5.56 Å². The van der Waals surface area contributed by atoms with Gasteiger partial charge in [-0.2, -0.15) is 0 Å². The van der Waals surface area contributed by atoms with Crippen LogP contribution in [0.25, 0.3) is 22.3 Å². The molecule has 0 amide bonds. The van der Waals surface area contributed by atoms with Gasteiger partial charge in [-0.25, -0.2) is 0 Å². The first-order valence-corrected chi connectivity index (χ1v) is 16.9. The Hall–Kier alpha value is -2.19. The summed E-state index contributed by atoms with van der Waals surface area (Å²) in [6, 6.07) is 19.7. The highest BCUT2D eigenvalue weighted by atomic mass is 31.2. The van der Waals surface area contributed by atoms with E-state index in [4.69, 9.17) is 4.52 Å². The fourth-order valence-electron chi connectivity index (χ4n) is 6.01. The van der Waals surface area contributed by atoms with Crippen molar-refractivity contribution in [1.29, 1.82) is 0 Å². The lowest BCUT2D eigenvalue weighted by atomic mass is 9.66. The largest absolute Gasteiger partial charge is 0.427 e. The second-order valence-corrected chi connectivity index (χ2v) is 15.1. The van der Waals surface area contributed by atoms with Gasteiger partial charge in [-0.3, -0.25) is 0 Å². The molecular weight excluding hydrogens is 535 g/mol. The molecule has 3 aromatic rings. The summed E-state index contributed by atoms with van der Waals surface area (Å²) >= 11 is 0. The molecule has 0 fully saturated rings. The Kier molecular flexibility index (Phi) is 10.5. The maximum Gasteiger partial charge on any atom is 0.391 e. The minimum Gasteiger partial charge on any atom is -0.427 e. The normalized spacial score (nSPS) is 13.1. The van der Waals surface area contributed by atoms with Crippen molar-refractivity contribution in [2.24, 2.45) is 0 Å². The molecule has 2 N–H and O–H groups in total. The molecule has 0 aliphatic heterocycles. The molecule has 3 aromatic carbocycles. The SMILES string of the molecule is CCC(C)(C)c1ccccc1-c1cc(OP(O)O)c(C(C)(C)CC)c(-c2ccccc2C(C)(C)CC)c1C(C)(C)CC. The lowest BCUT2D eigenvalue weighted by Crippen LogP contribution is -2.26. The Morgan fingerprint density at radius 3 is 1.40 bits per heavy atom. The Morgan fingerprint density at radius 2 is 0.952 bits per heavy atom. The van der Waals surface area contributed by atoms with Crippen molar-refractivity contribution in [2.45, 2.75) is 130 Å². The molecule has 0 saturated carbocycles. The molecule has 0 aliphatic carbocycles. The molecule has 0 aromatic heterocycles. The topological polar surface area (TPSA) is 49.7 Å². The third-order valence-corrected chi connectivity index (χ3v) is 10.6. The first-order chi connectivity index (χ1) is 19.5. The molecule has 0 heterocycles. The highest BCUT2D eigenvalue weighted by Crippen LogP contribution is 2.55. The summed E-state index contributed by atoms with van der Waals surface area (Å²) in [5.74, 6) is 0.562. The van der Waals surface area contributed by atoms with E-state index in [9.17, 15) is 9.79 Å². The van der Waals surface area contributed by atoms with Crippen molar-refractivity contribution < 1.29 is 14.3 Å². The van der Waals surface area contributed by atoms with Crippen molar-refractivity contribution in [1.82, 2.24) is 0 Å². The fourth-order valence-corrected chi connectivity index (χ4v) is 6.33. The second kappa shape index (κ2) is 12.8. The van der Waals surface area contributed by atoms with Crippen LogP contribution >= 0.6 is 8.60 Å². The van der Waals surface area contributed by atoms with E-state index in [2.05, 4.69) is 138 Å². The summed E-state index contributed by atoms with van der Waals surface area (Å²) < 4.78 is 6.04. The Labute approximate surface area is 257 Å². The number of hydrogen-bond acceptors (Lipinski definition) is 3. The van der Waals surface area contributed by atoms with Crippen LogP contribution in [0.2, 0.25) is 0 Å². The van der Waals surface area contributed by atoms with Gasteiger partial charge in [-0.05, 0) is 92.4 Å². The molecule has 0 saturated heterocycles. The van der Waals surface area contributed by atoms with E-state index >= 15 is 0 Å². The van der Waals surface area contributed by atoms with Crippen molar-refractivity contribution >= 4 is 8.60 Å². The van der Waals surface area contributed by atoms with Gasteiger partial charge >= 0.3 is 8.60 Å². The molecule has 42 heavy (non-hydrogen) atoms. The minimum absolute atomic E-state index is 0.0462. The van der Waals surface area contributed by atoms with Crippen LogP contribution in [0.5, 0.6) is 5.75 Å². The zero-order chi connectivity index (χ0) is 31.7. The summed E-state index contributed by atoms with van der Waals surface area (Å²) in [6.45, 7) is 27.4. The molecule has 0 radical (unpaired) electrons. The van der Waals surface area contributed by atoms with E-state index in [1.807, 2.05) is 0 Å². The quantitative estimate of drug-likeness (QED) is 0.206. The van der Waals surface area contributed by atoms with Crippen LogP contribution in [0.15, 0.2) is 54.6 Å². The van der Waals surface area contributed by atoms with E-state index in [1.165, 1.54) is 33.4 Å². The number of rotatable bonds is 12. The van der Waals surface area contributed by atoms with Gasteiger partial charge in [0.15, 0.2) is 0 Å². The fraction of sp³-hybridized carbons (Fsp3) is 0.526. The van der Waals surface area contributed by atoms with Crippen molar-refractivity contribution in [3.05, 3.63) is 76.9 Å². The maximum atomic E-state index is 10.3. The van der Waals surface area contributed by atoms with Gasteiger partial charge in [-0.15, -0.1) is 0 Å². The molecule has 3 nitrogen and oxygen atoms in total. The van der Waals surface area contributed by atoms with Crippen LogP contribution in [-0.2, 0) is 21.7 Å². The third-order valence-electron chi connectivity index (χ3n) is 10.2. The van der Waals surface area contributed by atoms with Gasteiger partial charge in [0.25, 0.3) is 0 Å². The second-order valence-electron chi connectivity index (χ2n) is 14.4. The van der Waals surface area contributed by atoms with Crippen LogP contribution < -0.4 is 4.52 Å². The predicted octanol–water partition coefficient (Wildman–Crippen LogP) is 11.4. The summed E-state index contributed by atoms with van der Waals surface area (Å²) in [6.07, 6.45) is 3.82. The van der Waals surface area contributed by atoms with Gasteiger partial charge in [0.05, 0.1) is 0 Å². The molecular formula is C38H55O3P. The molecule has 0 aliphatic rings. The van der Waals surface area contributed by atoms with Crippen LogP contribution in [0.1, 0.15) is 131 Å². The number of hydrogen-bond donors (Lipinski definition) is 2. The minimum atomic E-state index is -2.62. The van der Waals surface area contributed by atoms with Crippen molar-refractivity contribution in [2.75, 3.05) is 0 Å². The van der Waals surface area contributed by atoms with E-state index in [-0.39, 0.29) is 21.7 Å². The summed E-state index contributed by atoms with van der Waals surface area (Å²) in [5.41, 5.74) is 9.03. The first kappa shape index (κ1) is 34.3. The molecule has 3 rings (SSSR count). The average molecular weight is 591 g/mol. The first-order valence-electron chi connectivity index (χ1n) is 15.8. The smallest absolute Gasteiger partial charge is 0.391 e. The molecule has 0 unspecified atom stereocenters. The molecule has 4 heteroatoms. The monoisotopic (exact) mass is 590 g/mol. The number of benzene rings is 3. The summed E-state index contributed by atoms with van der Waals surface area (Å²) in [7, 11) is -2.62. The van der Waals surface area contributed by atoms with Gasteiger partial charge in [0.1, 0.15) is 5.75 Å². The third kappa shape index (κ3) is 6.64. The van der Waals surface area contributed by atoms with E-state index in [1.54, 1.807) is 0 Å². The molecule has 0 spiro atoms. The van der Waals surface area contributed by atoms with Gasteiger partial charge in [0.2, 0.25) is 0 Å². The zero-order valence-corrected chi connectivity index (χ0v) is 29.2.